The van der Waals surface area contributed by atoms with E-state index in [9.17, 15) is 8.42 Å². The molecule has 0 fully saturated rings. The molecule has 0 saturated heterocycles. The van der Waals surface area contributed by atoms with Crippen LogP contribution in [0.4, 0.5) is 0 Å². The number of benzene rings is 1. The number of sulfone groups is 1. The fourth-order valence-electron chi connectivity index (χ4n) is 2.23. The van der Waals surface area contributed by atoms with E-state index in [0.717, 1.165) is 12.1 Å². The first kappa shape index (κ1) is 17.1. The van der Waals surface area contributed by atoms with Crippen LogP contribution in [-0.4, -0.2) is 39.7 Å². The molecule has 0 aliphatic heterocycles. The molecule has 0 aliphatic carbocycles. The minimum absolute atomic E-state index is 0.163. The van der Waals surface area contributed by atoms with Crippen LogP contribution in [0, 0.1) is 0 Å². The van der Waals surface area contributed by atoms with Gasteiger partial charge in [-0.05, 0) is 25.5 Å². The summed E-state index contributed by atoms with van der Waals surface area (Å²) in [6.07, 6.45) is 0.539. The van der Waals surface area contributed by atoms with Crippen molar-refractivity contribution in [2.24, 2.45) is 0 Å². The minimum Gasteiger partial charge on any atom is -0.385 e. The van der Waals surface area contributed by atoms with Crippen molar-refractivity contribution in [3.05, 3.63) is 35.9 Å². The van der Waals surface area contributed by atoms with Crippen molar-refractivity contribution in [2.45, 2.75) is 31.6 Å². The number of nitrogens with one attached hydrogen (secondary N) is 1. The summed E-state index contributed by atoms with van der Waals surface area (Å²) in [6, 6.07) is 9.56. The van der Waals surface area contributed by atoms with E-state index in [4.69, 9.17) is 4.74 Å². The Balaban J connectivity index is 2.86. The molecule has 2 atom stereocenters. The van der Waals surface area contributed by atoms with Gasteiger partial charge in [0.25, 0.3) is 0 Å². The Morgan fingerprint density at radius 2 is 1.90 bits per heavy atom. The van der Waals surface area contributed by atoms with E-state index in [1.807, 2.05) is 37.3 Å². The molecule has 0 saturated carbocycles. The van der Waals surface area contributed by atoms with Gasteiger partial charge in [-0.15, -0.1) is 0 Å². The molecule has 1 aromatic carbocycles. The first-order valence-corrected chi connectivity index (χ1v) is 8.73. The van der Waals surface area contributed by atoms with Crippen LogP contribution in [0.3, 0.4) is 0 Å². The standard InChI is InChI=1S/C15H25NO3S/c1-4-16-15(14-9-6-5-7-10-14)13(2)20(17,18)12-8-11-19-3/h5-7,9-10,13,15-16H,4,8,11-12H2,1-3H3. The van der Waals surface area contributed by atoms with E-state index in [-0.39, 0.29) is 11.8 Å². The lowest BCUT2D eigenvalue weighted by Crippen LogP contribution is -2.36. The van der Waals surface area contributed by atoms with Crippen LogP contribution in [0.25, 0.3) is 0 Å². The van der Waals surface area contributed by atoms with Crippen LogP contribution in [0.2, 0.25) is 0 Å². The Morgan fingerprint density at radius 1 is 1.25 bits per heavy atom. The molecule has 0 bridgehead atoms. The van der Waals surface area contributed by atoms with Crippen LogP contribution in [0.15, 0.2) is 30.3 Å². The van der Waals surface area contributed by atoms with Crippen molar-refractivity contribution in [2.75, 3.05) is 26.0 Å². The predicted octanol–water partition coefficient (Wildman–Crippen LogP) is 2.18. The van der Waals surface area contributed by atoms with E-state index in [0.29, 0.717) is 13.0 Å². The van der Waals surface area contributed by atoms with Gasteiger partial charge >= 0.3 is 0 Å². The highest BCUT2D eigenvalue weighted by Crippen LogP contribution is 2.23. The Hall–Kier alpha value is -0.910. The predicted molar refractivity (Wildman–Crippen MR) is 82.6 cm³/mol. The maximum absolute atomic E-state index is 12.4. The molecule has 114 valence electrons. The van der Waals surface area contributed by atoms with E-state index in [1.165, 1.54) is 0 Å². The van der Waals surface area contributed by atoms with E-state index in [1.54, 1.807) is 14.0 Å². The first-order chi connectivity index (χ1) is 9.53. The number of rotatable bonds is 9. The lowest BCUT2D eigenvalue weighted by atomic mass is 10.0. The van der Waals surface area contributed by atoms with Gasteiger partial charge in [0, 0.05) is 19.8 Å². The molecular formula is C15H25NO3S. The number of hydrogen-bond acceptors (Lipinski definition) is 4. The monoisotopic (exact) mass is 299 g/mol. The van der Waals surface area contributed by atoms with Gasteiger partial charge < -0.3 is 10.1 Å². The van der Waals surface area contributed by atoms with Gasteiger partial charge in [0.1, 0.15) is 0 Å². The highest BCUT2D eigenvalue weighted by Gasteiger charge is 2.29. The topological polar surface area (TPSA) is 55.4 Å². The summed E-state index contributed by atoms with van der Waals surface area (Å²) in [5.41, 5.74) is 1.01. The zero-order valence-corrected chi connectivity index (χ0v) is 13.3. The van der Waals surface area contributed by atoms with Crippen molar-refractivity contribution in [3.8, 4) is 0 Å². The molecule has 1 N–H and O–H groups in total. The van der Waals surface area contributed by atoms with Gasteiger partial charge in [0.15, 0.2) is 9.84 Å². The Kier molecular flexibility index (Phi) is 7.19. The summed E-state index contributed by atoms with van der Waals surface area (Å²) in [4.78, 5) is 0. The lowest BCUT2D eigenvalue weighted by Gasteiger charge is -2.25. The maximum atomic E-state index is 12.4. The molecule has 0 heterocycles. The summed E-state index contributed by atoms with van der Waals surface area (Å²) in [6.45, 7) is 4.98. The zero-order chi connectivity index (χ0) is 15.0. The summed E-state index contributed by atoms with van der Waals surface area (Å²) in [5.74, 6) is 0.163. The second kappa shape index (κ2) is 8.39. The van der Waals surface area contributed by atoms with Crippen LogP contribution < -0.4 is 5.32 Å². The van der Waals surface area contributed by atoms with Crippen LogP contribution in [-0.2, 0) is 14.6 Å². The molecule has 0 aliphatic rings. The van der Waals surface area contributed by atoms with E-state index >= 15 is 0 Å². The molecule has 4 nitrogen and oxygen atoms in total. The third-order valence-corrected chi connectivity index (χ3v) is 5.66. The molecular weight excluding hydrogens is 274 g/mol. The maximum Gasteiger partial charge on any atom is 0.154 e. The third kappa shape index (κ3) is 4.89. The Bertz CT molecular complexity index is 473. The number of hydrogen-bond donors (Lipinski definition) is 1. The molecule has 0 radical (unpaired) electrons. The SMILES string of the molecule is CCNC(c1ccccc1)C(C)S(=O)(=O)CCCOC. The van der Waals surface area contributed by atoms with Crippen molar-refractivity contribution in [3.63, 3.8) is 0 Å². The third-order valence-electron chi connectivity index (χ3n) is 3.40. The molecule has 0 spiro atoms. The molecule has 0 amide bonds. The minimum atomic E-state index is -3.14. The fourth-order valence-corrected chi connectivity index (χ4v) is 3.79. The highest BCUT2D eigenvalue weighted by molar-refractivity contribution is 7.92. The van der Waals surface area contributed by atoms with Gasteiger partial charge in [-0.25, -0.2) is 8.42 Å². The van der Waals surface area contributed by atoms with E-state index < -0.39 is 15.1 Å². The molecule has 0 aromatic heterocycles. The van der Waals surface area contributed by atoms with Crippen molar-refractivity contribution < 1.29 is 13.2 Å². The quantitative estimate of drug-likeness (QED) is 0.710. The molecule has 1 rings (SSSR count). The van der Waals surface area contributed by atoms with Gasteiger partial charge in [-0.3, -0.25) is 0 Å². The Labute approximate surface area is 122 Å². The fraction of sp³-hybridized carbons (Fsp3) is 0.600. The average molecular weight is 299 g/mol. The van der Waals surface area contributed by atoms with Gasteiger partial charge in [-0.2, -0.15) is 0 Å². The molecule has 1 aromatic rings. The smallest absolute Gasteiger partial charge is 0.154 e. The first-order valence-electron chi connectivity index (χ1n) is 7.01. The van der Waals surface area contributed by atoms with Crippen LogP contribution in [0.5, 0.6) is 0 Å². The van der Waals surface area contributed by atoms with Crippen molar-refractivity contribution >= 4 is 9.84 Å². The normalized spacial score (nSPS) is 14.9. The van der Waals surface area contributed by atoms with Gasteiger partial charge in [0.2, 0.25) is 0 Å². The summed E-state index contributed by atoms with van der Waals surface area (Å²) in [7, 11) is -1.56. The zero-order valence-electron chi connectivity index (χ0n) is 12.5. The second-order valence-corrected chi connectivity index (χ2v) is 7.34. The lowest BCUT2D eigenvalue weighted by molar-refractivity contribution is 0.199. The van der Waals surface area contributed by atoms with Crippen molar-refractivity contribution in [1.29, 1.82) is 0 Å². The van der Waals surface area contributed by atoms with E-state index in [2.05, 4.69) is 5.32 Å². The summed E-state index contributed by atoms with van der Waals surface area (Å²) >= 11 is 0. The van der Waals surface area contributed by atoms with Gasteiger partial charge in [0.05, 0.1) is 11.0 Å². The molecule has 5 heteroatoms. The second-order valence-electron chi connectivity index (χ2n) is 4.86. The highest BCUT2D eigenvalue weighted by atomic mass is 32.2. The van der Waals surface area contributed by atoms with Crippen molar-refractivity contribution in [1.82, 2.24) is 5.32 Å². The van der Waals surface area contributed by atoms with Crippen LogP contribution >= 0.6 is 0 Å². The molecule has 20 heavy (non-hydrogen) atoms. The van der Waals surface area contributed by atoms with Crippen LogP contribution in [0.1, 0.15) is 31.9 Å². The largest absolute Gasteiger partial charge is 0.385 e. The van der Waals surface area contributed by atoms with Gasteiger partial charge in [-0.1, -0.05) is 37.3 Å². The number of methoxy groups -OCH3 is 1. The molecule has 2 unspecified atom stereocenters. The average Bonchev–Trinajstić information content (AvgIpc) is 2.45. The summed E-state index contributed by atoms with van der Waals surface area (Å²) < 4.78 is 29.7. The Morgan fingerprint density at radius 3 is 2.45 bits per heavy atom. The summed E-state index contributed by atoms with van der Waals surface area (Å²) in [5, 5.41) is 2.83. The number of ether oxygens (including phenoxy) is 1.